The second kappa shape index (κ2) is 6.52. The zero-order valence-electron chi connectivity index (χ0n) is 14.7. The molecule has 22 heavy (non-hydrogen) atoms. The minimum absolute atomic E-state index is 0.248. The summed E-state index contributed by atoms with van der Waals surface area (Å²) in [5.41, 5.74) is 2.59. The SMILES string of the molecule is CC(C)(C)CCCc1ccc(O)c(CCCC2(C)CC2)c1O. The molecule has 0 unspecified atom stereocenters. The summed E-state index contributed by atoms with van der Waals surface area (Å²) in [6.07, 6.45) is 8.77. The lowest BCUT2D eigenvalue weighted by Gasteiger charge is -2.18. The predicted molar refractivity (Wildman–Crippen MR) is 92.4 cm³/mol. The zero-order valence-corrected chi connectivity index (χ0v) is 14.7. The van der Waals surface area contributed by atoms with Gasteiger partial charge in [-0.1, -0.05) is 33.8 Å². The van der Waals surface area contributed by atoms with Gasteiger partial charge in [-0.15, -0.1) is 0 Å². The molecular formula is C20H32O2. The second-order valence-electron chi connectivity index (χ2n) is 8.65. The van der Waals surface area contributed by atoms with Gasteiger partial charge in [0.2, 0.25) is 0 Å². The molecule has 1 saturated carbocycles. The molecule has 2 heteroatoms. The zero-order chi connectivity index (χ0) is 16.4. The Morgan fingerprint density at radius 1 is 1.05 bits per heavy atom. The van der Waals surface area contributed by atoms with Gasteiger partial charge in [0.25, 0.3) is 0 Å². The standard InChI is InChI=1S/C20H32O2/c1-19(2,3)11-5-7-15-9-10-17(21)16(18(15)22)8-6-12-20(4)13-14-20/h9-10,21-22H,5-8,11-14H2,1-4H3. The lowest BCUT2D eigenvalue weighted by atomic mass is 9.88. The maximum Gasteiger partial charge on any atom is 0.125 e. The highest BCUT2D eigenvalue weighted by Crippen LogP contribution is 2.49. The largest absolute Gasteiger partial charge is 0.508 e. The first kappa shape index (κ1) is 17.2. The van der Waals surface area contributed by atoms with Crippen molar-refractivity contribution in [1.82, 2.24) is 0 Å². The topological polar surface area (TPSA) is 40.5 Å². The van der Waals surface area contributed by atoms with Gasteiger partial charge in [-0.2, -0.15) is 0 Å². The Morgan fingerprint density at radius 2 is 1.73 bits per heavy atom. The fourth-order valence-electron chi connectivity index (χ4n) is 3.09. The summed E-state index contributed by atoms with van der Waals surface area (Å²) in [4.78, 5) is 0. The van der Waals surface area contributed by atoms with Crippen molar-refractivity contribution < 1.29 is 10.2 Å². The first-order valence-electron chi connectivity index (χ1n) is 8.73. The minimum Gasteiger partial charge on any atom is -0.508 e. The molecule has 124 valence electrons. The summed E-state index contributed by atoms with van der Waals surface area (Å²) < 4.78 is 0. The molecule has 0 atom stereocenters. The van der Waals surface area contributed by atoms with Gasteiger partial charge in [0.05, 0.1) is 0 Å². The maximum absolute atomic E-state index is 10.5. The molecule has 1 aliphatic rings. The van der Waals surface area contributed by atoms with E-state index in [2.05, 4.69) is 27.7 Å². The van der Waals surface area contributed by atoms with E-state index < -0.39 is 0 Å². The van der Waals surface area contributed by atoms with E-state index in [4.69, 9.17) is 0 Å². The summed E-state index contributed by atoms with van der Waals surface area (Å²) in [6, 6.07) is 3.62. The number of phenolic OH excluding ortho intramolecular Hbond substituents is 2. The van der Waals surface area contributed by atoms with Crippen molar-refractivity contribution in [2.24, 2.45) is 10.8 Å². The van der Waals surface area contributed by atoms with Crippen LogP contribution < -0.4 is 0 Å². The van der Waals surface area contributed by atoms with E-state index in [9.17, 15) is 10.2 Å². The molecule has 0 saturated heterocycles. The van der Waals surface area contributed by atoms with Crippen LogP contribution >= 0.6 is 0 Å². The van der Waals surface area contributed by atoms with Crippen molar-refractivity contribution in [2.75, 3.05) is 0 Å². The monoisotopic (exact) mass is 304 g/mol. The molecular weight excluding hydrogens is 272 g/mol. The average molecular weight is 304 g/mol. The van der Waals surface area contributed by atoms with Crippen molar-refractivity contribution in [1.29, 1.82) is 0 Å². The van der Waals surface area contributed by atoms with Gasteiger partial charge in [0.15, 0.2) is 0 Å². The minimum atomic E-state index is 0.248. The van der Waals surface area contributed by atoms with E-state index in [1.807, 2.05) is 6.07 Å². The Labute approximate surface area is 135 Å². The Balaban J connectivity index is 1.95. The maximum atomic E-state index is 10.5. The van der Waals surface area contributed by atoms with E-state index in [1.54, 1.807) is 6.07 Å². The normalized spacial score (nSPS) is 16.7. The van der Waals surface area contributed by atoms with Crippen LogP contribution in [0.25, 0.3) is 0 Å². The first-order valence-corrected chi connectivity index (χ1v) is 8.73. The number of benzene rings is 1. The third-order valence-corrected chi connectivity index (χ3v) is 5.03. The van der Waals surface area contributed by atoms with Gasteiger partial charge in [0, 0.05) is 5.56 Å². The number of hydrogen-bond donors (Lipinski definition) is 2. The molecule has 0 aromatic heterocycles. The van der Waals surface area contributed by atoms with Gasteiger partial charge in [0.1, 0.15) is 11.5 Å². The van der Waals surface area contributed by atoms with Crippen LogP contribution in [-0.2, 0) is 12.8 Å². The summed E-state index contributed by atoms with van der Waals surface area (Å²) in [5, 5.41) is 20.5. The van der Waals surface area contributed by atoms with Crippen molar-refractivity contribution in [3.8, 4) is 11.5 Å². The summed E-state index contributed by atoms with van der Waals surface area (Å²) in [6.45, 7) is 9.06. The van der Waals surface area contributed by atoms with Crippen molar-refractivity contribution in [2.45, 2.75) is 79.1 Å². The number of phenols is 2. The number of hydrogen-bond acceptors (Lipinski definition) is 2. The highest BCUT2D eigenvalue weighted by atomic mass is 16.3. The Kier molecular flexibility index (Phi) is 5.09. The van der Waals surface area contributed by atoms with Crippen LogP contribution in [0.1, 0.15) is 77.3 Å². The van der Waals surface area contributed by atoms with E-state index in [0.29, 0.717) is 16.6 Å². The van der Waals surface area contributed by atoms with Crippen molar-refractivity contribution in [3.63, 3.8) is 0 Å². The fourth-order valence-corrected chi connectivity index (χ4v) is 3.09. The molecule has 1 aromatic carbocycles. The molecule has 0 aliphatic heterocycles. The van der Waals surface area contributed by atoms with Crippen LogP contribution in [0.15, 0.2) is 12.1 Å². The third-order valence-electron chi connectivity index (χ3n) is 5.03. The number of rotatable bonds is 7. The van der Waals surface area contributed by atoms with Crippen LogP contribution in [0.4, 0.5) is 0 Å². The van der Waals surface area contributed by atoms with Gasteiger partial charge < -0.3 is 10.2 Å². The molecule has 0 spiro atoms. The van der Waals surface area contributed by atoms with Crippen LogP contribution in [-0.4, -0.2) is 10.2 Å². The van der Waals surface area contributed by atoms with Crippen LogP contribution in [0, 0.1) is 10.8 Å². The molecule has 2 N–H and O–H groups in total. The number of aromatic hydroxyl groups is 2. The molecule has 2 rings (SSSR count). The highest BCUT2D eigenvalue weighted by molar-refractivity contribution is 5.48. The summed E-state index contributed by atoms with van der Waals surface area (Å²) >= 11 is 0. The van der Waals surface area contributed by atoms with E-state index in [0.717, 1.165) is 43.2 Å². The Bertz CT molecular complexity index is 507. The molecule has 1 aromatic rings. The Hall–Kier alpha value is -1.18. The molecule has 1 aliphatic carbocycles. The van der Waals surface area contributed by atoms with E-state index in [-0.39, 0.29) is 5.75 Å². The molecule has 0 bridgehead atoms. The summed E-state index contributed by atoms with van der Waals surface area (Å²) in [7, 11) is 0. The molecule has 0 heterocycles. The molecule has 1 fully saturated rings. The molecule has 0 radical (unpaired) electrons. The lowest BCUT2D eigenvalue weighted by molar-refractivity contribution is 0.363. The third kappa shape index (κ3) is 4.93. The van der Waals surface area contributed by atoms with Gasteiger partial charge in [-0.25, -0.2) is 0 Å². The second-order valence-corrected chi connectivity index (χ2v) is 8.65. The van der Waals surface area contributed by atoms with Gasteiger partial charge >= 0.3 is 0 Å². The van der Waals surface area contributed by atoms with Crippen LogP contribution in [0.5, 0.6) is 11.5 Å². The van der Waals surface area contributed by atoms with Crippen molar-refractivity contribution in [3.05, 3.63) is 23.3 Å². The summed E-state index contributed by atoms with van der Waals surface area (Å²) in [5.74, 6) is 0.577. The van der Waals surface area contributed by atoms with Crippen molar-refractivity contribution >= 4 is 0 Å². The smallest absolute Gasteiger partial charge is 0.125 e. The molecule has 2 nitrogen and oxygen atoms in total. The van der Waals surface area contributed by atoms with Gasteiger partial charge in [-0.3, -0.25) is 0 Å². The van der Waals surface area contributed by atoms with Gasteiger partial charge in [-0.05, 0) is 73.8 Å². The van der Waals surface area contributed by atoms with E-state index >= 15 is 0 Å². The van der Waals surface area contributed by atoms with Crippen LogP contribution in [0.2, 0.25) is 0 Å². The first-order chi connectivity index (χ1) is 10.2. The quantitative estimate of drug-likeness (QED) is 0.689. The Morgan fingerprint density at radius 3 is 2.32 bits per heavy atom. The van der Waals surface area contributed by atoms with E-state index in [1.165, 1.54) is 19.3 Å². The highest BCUT2D eigenvalue weighted by Gasteiger charge is 2.36. The molecule has 0 amide bonds. The average Bonchev–Trinajstić information content (AvgIpc) is 3.13. The predicted octanol–water partition coefficient (Wildman–Crippen LogP) is 5.59. The van der Waals surface area contributed by atoms with Crippen LogP contribution in [0.3, 0.4) is 0 Å². The number of aryl methyl sites for hydroxylation is 1. The lowest BCUT2D eigenvalue weighted by Crippen LogP contribution is -2.05. The fraction of sp³-hybridized carbons (Fsp3) is 0.700.